The summed E-state index contributed by atoms with van der Waals surface area (Å²) in [6.45, 7) is 8.08. The van der Waals surface area contributed by atoms with Crippen molar-refractivity contribution in [1.82, 2.24) is 14.9 Å². The van der Waals surface area contributed by atoms with Crippen molar-refractivity contribution < 1.29 is 4.79 Å². The van der Waals surface area contributed by atoms with E-state index in [1.165, 1.54) is 0 Å². The van der Waals surface area contributed by atoms with Gasteiger partial charge in [-0.3, -0.25) is 9.36 Å². The van der Waals surface area contributed by atoms with E-state index in [1.54, 1.807) is 0 Å². The maximum Gasteiger partial charge on any atom is 0.272 e. The fourth-order valence-electron chi connectivity index (χ4n) is 3.91. The van der Waals surface area contributed by atoms with Crippen LogP contribution in [-0.2, 0) is 0 Å². The lowest BCUT2D eigenvalue weighted by molar-refractivity contribution is 0.0935. The van der Waals surface area contributed by atoms with Crippen LogP contribution in [-0.4, -0.2) is 21.5 Å². The van der Waals surface area contributed by atoms with Crippen molar-refractivity contribution in [1.29, 1.82) is 0 Å². The molecule has 0 fully saturated rings. The van der Waals surface area contributed by atoms with E-state index in [2.05, 4.69) is 11.4 Å². The third-order valence-corrected chi connectivity index (χ3v) is 6.34. The number of nitrogens with one attached hydrogen (secondary N) is 1. The summed E-state index contributed by atoms with van der Waals surface area (Å²) in [5.74, 6) is 0.440. The molecule has 4 aromatic rings. The highest BCUT2D eigenvalue weighted by atomic mass is 35.5. The van der Waals surface area contributed by atoms with Crippen molar-refractivity contribution in [3.63, 3.8) is 0 Å². The van der Waals surface area contributed by atoms with Gasteiger partial charge in [0.25, 0.3) is 5.91 Å². The lowest BCUT2D eigenvalue weighted by Crippen LogP contribution is -2.32. The average Bonchev–Trinajstić information content (AvgIpc) is 3.21. The molecule has 1 aromatic heterocycles. The topological polar surface area (TPSA) is 46.9 Å². The zero-order chi connectivity index (χ0) is 24.4. The Balaban J connectivity index is 2.10. The zero-order valence-corrected chi connectivity index (χ0v) is 21.2. The van der Waals surface area contributed by atoms with E-state index in [9.17, 15) is 4.79 Å². The molecule has 0 aliphatic carbocycles. The third-order valence-electron chi connectivity index (χ3n) is 5.87. The molecule has 0 spiro atoms. The first-order chi connectivity index (χ1) is 16.3. The van der Waals surface area contributed by atoms with Crippen LogP contribution in [0.1, 0.15) is 41.9 Å². The van der Waals surface area contributed by atoms with E-state index >= 15 is 0 Å². The number of hydrogen-bond acceptors (Lipinski definition) is 2. The van der Waals surface area contributed by atoms with Crippen LogP contribution >= 0.6 is 23.2 Å². The number of carbonyl (C=O) groups is 1. The van der Waals surface area contributed by atoms with Gasteiger partial charge in [0.1, 0.15) is 5.82 Å². The summed E-state index contributed by atoms with van der Waals surface area (Å²) < 4.78 is 2.02. The van der Waals surface area contributed by atoms with Crippen LogP contribution in [0.25, 0.3) is 28.3 Å². The van der Waals surface area contributed by atoms with E-state index in [-0.39, 0.29) is 11.9 Å². The number of halogens is 2. The number of rotatable bonds is 6. The number of hydrogen-bond donors (Lipinski definition) is 1. The second kappa shape index (κ2) is 10.0. The third kappa shape index (κ3) is 4.89. The molecule has 0 bridgehead atoms. The summed E-state index contributed by atoms with van der Waals surface area (Å²) >= 11 is 12.8. The molecule has 1 heterocycles. The highest BCUT2D eigenvalue weighted by Gasteiger charge is 2.27. The number of aryl methyl sites for hydroxylation is 2. The normalized spacial score (nSPS) is 11.9. The lowest BCUT2D eigenvalue weighted by atomic mass is 10.1. The number of carbonyl (C=O) groups excluding carboxylic acids is 1. The minimum absolute atomic E-state index is 0.0141. The van der Waals surface area contributed by atoms with Crippen molar-refractivity contribution in [3.05, 3.63) is 93.6 Å². The number of nitrogens with zero attached hydrogens (tertiary/aromatic N) is 2. The van der Waals surface area contributed by atoms with E-state index in [1.807, 2.05) is 92.9 Å². The monoisotopic (exact) mass is 491 g/mol. The molecule has 6 heteroatoms. The second-order valence-electron chi connectivity index (χ2n) is 8.56. The molecule has 4 nitrogen and oxygen atoms in total. The standard InChI is InChI=1S/C28H27Cl2N3O/c1-5-19(4)31-28(34)25-26(20-9-7-11-22(29)15-20)33(24-16-23(30)13-12-18(24)3)27(32-25)21-10-6-8-17(2)14-21/h6-16,19H,5H2,1-4H3,(H,31,34). The average molecular weight is 492 g/mol. The Bertz CT molecular complexity index is 1360. The van der Waals surface area contributed by atoms with Crippen LogP contribution in [0.3, 0.4) is 0 Å². The predicted octanol–water partition coefficient (Wildman–Crippen LogP) is 7.66. The van der Waals surface area contributed by atoms with E-state index < -0.39 is 0 Å². The van der Waals surface area contributed by atoms with Crippen molar-refractivity contribution in [2.75, 3.05) is 0 Å². The maximum absolute atomic E-state index is 13.5. The molecule has 4 rings (SSSR count). The molecule has 1 unspecified atom stereocenters. The van der Waals surface area contributed by atoms with Gasteiger partial charge < -0.3 is 5.32 Å². The van der Waals surface area contributed by atoms with Gasteiger partial charge in [0.2, 0.25) is 0 Å². The summed E-state index contributed by atoms with van der Waals surface area (Å²) in [6.07, 6.45) is 0.817. The van der Waals surface area contributed by atoms with E-state index in [4.69, 9.17) is 28.2 Å². The molecule has 1 atom stereocenters. The molecule has 0 radical (unpaired) electrons. The summed E-state index contributed by atoms with van der Waals surface area (Å²) in [7, 11) is 0. The summed E-state index contributed by atoms with van der Waals surface area (Å²) in [6, 6.07) is 21.3. The molecule has 34 heavy (non-hydrogen) atoms. The molecule has 174 valence electrons. The summed E-state index contributed by atoms with van der Waals surface area (Å²) in [5.41, 5.74) is 5.69. The molecule has 1 amide bonds. The predicted molar refractivity (Wildman–Crippen MR) is 141 cm³/mol. The molecule has 1 N–H and O–H groups in total. The highest BCUT2D eigenvalue weighted by Crippen LogP contribution is 2.36. The van der Waals surface area contributed by atoms with Crippen molar-refractivity contribution >= 4 is 29.1 Å². The number of aromatic nitrogens is 2. The summed E-state index contributed by atoms with van der Waals surface area (Å²) in [4.78, 5) is 18.4. The Hall–Kier alpha value is -3.08. The van der Waals surface area contributed by atoms with Crippen LogP contribution in [0, 0.1) is 13.8 Å². The van der Waals surface area contributed by atoms with Gasteiger partial charge in [-0.05, 0) is 63.1 Å². The van der Waals surface area contributed by atoms with Crippen molar-refractivity contribution in [2.45, 2.75) is 40.2 Å². The van der Waals surface area contributed by atoms with Gasteiger partial charge in [0, 0.05) is 27.2 Å². The molecular weight excluding hydrogens is 465 g/mol. The number of benzene rings is 3. The smallest absolute Gasteiger partial charge is 0.272 e. The fraction of sp³-hybridized carbons (Fsp3) is 0.214. The largest absolute Gasteiger partial charge is 0.348 e. The van der Waals surface area contributed by atoms with Gasteiger partial charge >= 0.3 is 0 Å². The second-order valence-corrected chi connectivity index (χ2v) is 9.43. The molecule has 0 aliphatic rings. The SMILES string of the molecule is CCC(C)NC(=O)c1nc(-c2cccc(C)c2)n(-c2cc(Cl)ccc2C)c1-c1cccc(Cl)c1. The molecular formula is C28H27Cl2N3O. The Labute approximate surface area is 210 Å². The number of imidazole rings is 1. The fourth-order valence-corrected chi connectivity index (χ4v) is 4.27. The van der Waals surface area contributed by atoms with Crippen LogP contribution in [0.5, 0.6) is 0 Å². The molecule has 0 saturated carbocycles. The minimum Gasteiger partial charge on any atom is -0.348 e. The van der Waals surface area contributed by atoms with E-state index in [0.717, 1.165) is 34.4 Å². The Morgan fingerprint density at radius 3 is 2.38 bits per heavy atom. The van der Waals surface area contributed by atoms with Crippen LogP contribution in [0.2, 0.25) is 10.0 Å². The van der Waals surface area contributed by atoms with E-state index in [0.29, 0.717) is 27.3 Å². The van der Waals surface area contributed by atoms with Crippen molar-refractivity contribution in [3.8, 4) is 28.3 Å². The van der Waals surface area contributed by atoms with Gasteiger partial charge in [-0.25, -0.2) is 4.98 Å². The minimum atomic E-state index is -0.225. The lowest BCUT2D eigenvalue weighted by Gasteiger charge is -2.17. The molecule has 0 aliphatic heterocycles. The van der Waals surface area contributed by atoms with Gasteiger partial charge in [0.05, 0.1) is 11.4 Å². The number of amides is 1. The Morgan fingerprint density at radius 2 is 1.68 bits per heavy atom. The maximum atomic E-state index is 13.5. The molecule has 0 saturated heterocycles. The van der Waals surface area contributed by atoms with Crippen molar-refractivity contribution in [2.24, 2.45) is 0 Å². The van der Waals surface area contributed by atoms with Crippen LogP contribution in [0.4, 0.5) is 0 Å². The first kappa shape index (κ1) is 24.1. The van der Waals surface area contributed by atoms with Crippen LogP contribution in [0.15, 0.2) is 66.7 Å². The zero-order valence-electron chi connectivity index (χ0n) is 19.7. The first-order valence-electron chi connectivity index (χ1n) is 11.3. The first-order valence-corrected chi connectivity index (χ1v) is 12.1. The van der Waals surface area contributed by atoms with Crippen LogP contribution < -0.4 is 5.32 Å². The van der Waals surface area contributed by atoms with Gasteiger partial charge in [-0.1, -0.05) is 72.1 Å². The molecule has 3 aromatic carbocycles. The van der Waals surface area contributed by atoms with Gasteiger partial charge in [-0.15, -0.1) is 0 Å². The Kier molecular flexibility index (Phi) is 7.11. The quantitative estimate of drug-likeness (QED) is 0.300. The van der Waals surface area contributed by atoms with Gasteiger partial charge in [-0.2, -0.15) is 0 Å². The summed E-state index contributed by atoms with van der Waals surface area (Å²) in [5, 5.41) is 4.26. The Morgan fingerprint density at radius 1 is 0.971 bits per heavy atom. The highest BCUT2D eigenvalue weighted by molar-refractivity contribution is 6.31. The van der Waals surface area contributed by atoms with Gasteiger partial charge in [0.15, 0.2) is 5.69 Å².